The van der Waals surface area contributed by atoms with Gasteiger partial charge in [0, 0.05) is 31.4 Å². The van der Waals surface area contributed by atoms with Gasteiger partial charge in [-0.3, -0.25) is 0 Å². The first-order valence-corrected chi connectivity index (χ1v) is 13.2. The summed E-state index contributed by atoms with van der Waals surface area (Å²) in [4.78, 5) is 23.8. The summed E-state index contributed by atoms with van der Waals surface area (Å²) in [5.41, 5.74) is 7.44. The second kappa shape index (κ2) is 12.7. The molecule has 5 rings (SSSR count). The number of nitrogens with one attached hydrogen (secondary N) is 1. The van der Waals surface area contributed by atoms with Gasteiger partial charge in [-0.2, -0.15) is 36.3 Å². The number of aliphatic carboxylic acids is 1. The van der Waals surface area contributed by atoms with Gasteiger partial charge in [-0.15, -0.1) is 0 Å². The van der Waals surface area contributed by atoms with Crippen LogP contribution in [0.15, 0.2) is 60.7 Å². The predicted molar refractivity (Wildman–Crippen MR) is 151 cm³/mol. The molecule has 228 valence electrons. The third-order valence-corrected chi connectivity index (χ3v) is 6.98. The average Bonchev–Trinajstić information content (AvgIpc) is 2.96. The highest BCUT2D eigenvalue weighted by Gasteiger charge is 2.38. The van der Waals surface area contributed by atoms with Crippen molar-refractivity contribution in [1.29, 1.82) is 0 Å². The lowest BCUT2D eigenvalue weighted by atomic mass is 9.89. The molecule has 0 spiro atoms. The van der Waals surface area contributed by atoms with E-state index < -0.39 is 23.9 Å². The first-order chi connectivity index (χ1) is 20.3. The SMILES string of the molecule is CNc1nc(N)nc2nc(-c3c(N4CCC(Cc5ccccc5)CC4)cccc3C(F)(F)F)ccc12.O=C(O)C(F)(F)F. The number of rotatable bonds is 5. The van der Waals surface area contributed by atoms with Gasteiger partial charge in [0.1, 0.15) is 5.82 Å². The number of aromatic nitrogens is 3. The van der Waals surface area contributed by atoms with E-state index in [2.05, 4.69) is 32.4 Å². The van der Waals surface area contributed by atoms with Crippen LogP contribution >= 0.6 is 0 Å². The maximum atomic E-state index is 14.2. The molecular weight excluding hydrogens is 578 g/mol. The summed E-state index contributed by atoms with van der Waals surface area (Å²) >= 11 is 0. The van der Waals surface area contributed by atoms with E-state index in [0.29, 0.717) is 35.9 Å². The predicted octanol–water partition coefficient (Wildman–Crippen LogP) is 6.43. The Morgan fingerprint density at radius 3 is 2.19 bits per heavy atom. The van der Waals surface area contributed by atoms with Crippen molar-refractivity contribution < 1.29 is 36.2 Å². The molecule has 4 aromatic rings. The first-order valence-electron chi connectivity index (χ1n) is 13.2. The molecule has 1 fully saturated rings. The molecule has 0 radical (unpaired) electrons. The molecule has 8 nitrogen and oxygen atoms in total. The van der Waals surface area contributed by atoms with E-state index in [1.54, 1.807) is 25.2 Å². The number of hydrogen-bond acceptors (Lipinski definition) is 7. The van der Waals surface area contributed by atoms with Gasteiger partial charge in [0.15, 0.2) is 5.65 Å². The summed E-state index contributed by atoms with van der Waals surface area (Å²) < 4.78 is 74.3. The number of carboxylic acid groups (broad SMARTS) is 1. The van der Waals surface area contributed by atoms with Gasteiger partial charge in [-0.1, -0.05) is 36.4 Å². The quantitative estimate of drug-likeness (QED) is 0.223. The third-order valence-electron chi connectivity index (χ3n) is 6.98. The van der Waals surface area contributed by atoms with Crippen LogP contribution in [0.3, 0.4) is 0 Å². The normalized spacial score (nSPS) is 14.3. The second-order valence-corrected chi connectivity index (χ2v) is 9.87. The summed E-state index contributed by atoms with van der Waals surface area (Å²) in [5, 5.41) is 10.6. The van der Waals surface area contributed by atoms with E-state index in [0.717, 1.165) is 25.3 Å². The highest BCUT2D eigenvalue weighted by Crippen LogP contribution is 2.43. The van der Waals surface area contributed by atoms with Gasteiger partial charge in [0.2, 0.25) is 5.95 Å². The van der Waals surface area contributed by atoms with Gasteiger partial charge < -0.3 is 21.1 Å². The summed E-state index contributed by atoms with van der Waals surface area (Å²) in [6.07, 6.45) is -6.82. The molecule has 43 heavy (non-hydrogen) atoms. The van der Waals surface area contributed by atoms with E-state index in [-0.39, 0.29) is 22.9 Å². The topological polar surface area (TPSA) is 117 Å². The Balaban J connectivity index is 0.000000541. The number of fused-ring (bicyclic) bond motifs is 1. The molecule has 2 aromatic carbocycles. The van der Waals surface area contributed by atoms with Crippen molar-refractivity contribution in [1.82, 2.24) is 15.0 Å². The molecule has 0 unspecified atom stereocenters. The molecule has 14 heteroatoms. The van der Waals surface area contributed by atoms with E-state index in [4.69, 9.17) is 15.6 Å². The number of halogens is 6. The minimum Gasteiger partial charge on any atom is -0.475 e. The highest BCUT2D eigenvalue weighted by atomic mass is 19.4. The fourth-order valence-corrected chi connectivity index (χ4v) is 4.99. The largest absolute Gasteiger partial charge is 0.490 e. The van der Waals surface area contributed by atoms with E-state index >= 15 is 0 Å². The standard InChI is InChI=1S/C27H27F3N6.C2HF3O2/c1-32-24-19-10-11-21(33-25(19)35-26(31)34-24)23-20(27(28,29)30)8-5-9-22(23)36-14-12-18(13-15-36)16-17-6-3-2-4-7-17;3-2(4,5)1(6)7/h2-11,18H,12-16H2,1H3,(H3,31,32,33,34,35);(H,6,7). The Labute approximate surface area is 242 Å². The van der Waals surface area contributed by atoms with Gasteiger partial charge in [-0.05, 0) is 55.0 Å². The zero-order chi connectivity index (χ0) is 31.4. The Morgan fingerprint density at radius 2 is 1.60 bits per heavy atom. The lowest BCUT2D eigenvalue weighted by Crippen LogP contribution is -2.35. The molecule has 1 aliphatic heterocycles. The fourth-order valence-electron chi connectivity index (χ4n) is 4.99. The lowest BCUT2D eigenvalue weighted by molar-refractivity contribution is -0.192. The van der Waals surface area contributed by atoms with Crippen LogP contribution in [0, 0.1) is 5.92 Å². The van der Waals surface area contributed by atoms with Crippen LogP contribution in [0.25, 0.3) is 22.3 Å². The lowest BCUT2D eigenvalue weighted by Gasteiger charge is -2.35. The molecule has 0 aliphatic carbocycles. The summed E-state index contributed by atoms with van der Waals surface area (Å²) in [7, 11) is 1.69. The van der Waals surface area contributed by atoms with Crippen molar-refractivity contribution in [2.45, 2.75) is 31.6 Å². The molecule has 0 bridgehead atoms. The minimum atomic E-state index is -5.08. The summed E-state index contributed by atoms with van der Waals surface area (Å²) in [6.45, 7) is 1.36. The molecular formula is C29H28F6N6O2. The number of nitrogens with two attached hydrogens (primary N) is 1. The number of alkyl halides is 6. The third kappa shape index (κ3) is 7.62. The Hall–Kier alpha value is -4.62. The first kappa shape index (κ1) is 31.3. The molecule has 0 amide bonds. The van der Waals surface area contributed by atoms with E-state index in [1.807, 2.05) is 23.1 Å². The van der Waals surface area contributed by atoms with Crippen molar-refractivity contribution in [2.24, 2.45) is 5.92 Å². The van der Waals surface area contributed by atoms with Crippen molar-refractivity contribution in [3.63, 3.8) is 0 Å². The number of hydrogen-bond donors (Lipinski definition) is 3. The Morgan fingerprint density at radius 1 is 0.953 bits per heavy atom. The molecule has 4 N–H and O–H groups in total. The van der Waals surface area contributed by atoms with E-state index in [1.165, 1.54) is 11.6 Å². The molecule has 2 aromatic heterocycles. The van der Waals surface area contributed by atoms with Crippen LogP contribution in [0.5, 0.6) is 0 Å². The zero-order valence-corrected chi connectivity index (χ0v) is 22.9. The Kier molecular flexibility index (Phi) is 9.26. The molecule has 1 saturated heterocycles. The van der Waals surface area contributed by atoms with Crippen molar-refractivity contribution in [3.8, 4) is 11.3 Å². The van der Waals surface area contributed by atoms with Crippen LogP contribution in [-0.4, -0.2) is 52.3 Å². The highest BCUT2D eigenvalue weighted by molar-refractivity contribution is 5.91. The molecule has 0 saturated carbocycles. The second-order valence-electron chi connectivity index (χ2n) is 9.87. The Bertz CT molecular complexity index is 1570. The van der Waals surface area contributed by atoms with E-state index in [9.17, 15) is 26.3 Å². The van der Waals surface area contributed by atoms with Crippen LogP contribution in [0.1, 0.15) is 24.0 Å². The molecule has 0 atom stereocenters. The minimum absolute atomic E-state index is 0.00122. The average molecular weight is 607 g/mol. The van der Waals surface area contributed by atoms with Crippen molar-refractivity contribution >= 4 is 34.5 Å². The van der Waals surface area contributed by atoms with Crippen LogP contribution in [-0.2, 0) is 17.4 Å². The monoisotopic (exact) mass is 606 g/mol. The number of nitrogen functional groups attached to an aromatic ring is 1. The summed E-state index contributed by atoms with van der Waals surface area (Å²) in [5.74, 6) is -1.79. The van der Waals surface area contributed by atoms with Crippen molar-refractivity contribution in [2.75, 3.05) is 36.1 Å². The summed E-state index contributed by atoms with van der Waals surface area (Å²) in [6, 6.07) is 17.9. The smallest absolute Gasteiger partial charge is 0.475 e. The molecule has 1 aliphatic rings. The maximum Gasteiger partial charge on any atom is 0.490 e. The zero-order valence-electron chi connectivity index (χ0n) is 22.9. The number of piperidine rings is 1. The number of carbonyl (C=O) groups is 1. The van der Waals surface area contributed by atoms with Crippen LogP contribution < -0.4 is 16.0 Å². The van der Waals surface area contributed by atoms with Gasteiger partial charge in [0.25, 0.3) is 0 Å². The number of benzene rings is 2. The number of pyridine rings is 1. The van der Waals surface area contributed by atoms with Crippen LogP contribution in [0.4, 0.5) is 43.8 Å². The van der Waals surface area contributed by atoms with Gasteiger partial charge in [-0.25, -0.2) is 9.78 Å². The molecule has 3 heterocycles. The van der Waals surface area contributed by atoms with Crippen molar-refractivity contribution in [3.05, 3.63) is 71.8 Å². The maximum absolute atomic E-state index is 14.2. The van der Waals surface area contributed by atoms with Gasteiger partial charge >= 0.3 is 18.3 Å². The van der Waals surface area contributed by atoms with Gasteiger partial charge in [0.05, 0.1) is 16.6 Å². The fraction of sp³-hybridized carbons (Fsp3) is 0.310. The van der Waals surface area contributed by atoms with Crippen LogP contribution in [0.2, 0.25) is 0 Å². The number of nitrogens with zero attached hydrogens (tertiary/aromatic N) is 4. The number of carboxylic acids is 1. The number of anilines is 3.